The summed E-state index contributed by atoms with van der Waals surface area (Å²) in [6, 6.07) is 5.77. The summed E-state index contributed by atoms with van der Waals surface area (Å²) in [7, 11) is 0. The standard InChI is InChI=1S/C13H19IN2O2/c1-13(2,3)18-12(17)16-7-6-9-4-5-10(15)8-11(9)14/h4-5,8H,6-7,15H2,1-3H3,(H,16,17). The molecule has 1 amide bonds. The van der Waals surface area contributed by atoms with Crippen molar-refractivity contribution in [3.8, 4) is 0 Å². The van der Waals surface area contributed by atoms with Crippen LogP contribution in [-0.4, -0.2) is 18.2 Å². The largest absolute Gasteiger partial charge is 0.444 e. The lowest BCUT2D eigenvalue weighted by molar-refractivity contribution is 0.0528. The summed E-state index contributed by atoms with van der Waals surface area (Å²) in [4.78, 5) is 11.4. The van der Waals surface area contributed by atoms with Gasteiger partial charge in [-0.2, -0.15) is 0 Å². The first-order chi connectivity index (χ1) is 8.28. The predicted octanol–water partition coefficient (Wildman–Crippen LogP) is 2.94. The Labute approximate surface area is 121 Å². The van der Waals surface area contributed by atoms with Crippen molar-refractivity contribution in [1.29, 1.82) is 0 Å². The SMILES string of the molecule is CC(C)(C)OC(=O)NCCc1ccc(N)cc1I. The first kappa shape index (κ1) is 15.1. The Hall–Kier alpha value is -0.980. The molecule has 18 heavy (non-hydrogen) atoms. The Morgan fingerprint density at radius 3 is 2.67 bits per heavy atom. The van der Waals surface area contributed by atoms with Gasteiger partial charge in [-0.05, 0) is 67.5 Å². The fraction of sp³-hybridized carbons (Fsp3) is 0.462. The van der Waals surface area contributed by atoms with Gasteiger partial charge in [0.1, 0.15) is 5.60 Å². The first-order valence-electron chi connectivity index (χ1n) is 5.79. The highest BCUT2D eigenvalue weighted by atomic mass is 127. The van der Waals surface area contributed by atoms with Crippen LogP contribution in [0.3, 0.4) is 0 Å². The van der Waals surface area contributed by atoms with E-state index in [4.69, 9.17) is 10.5 Å². The number of nitrogens with two attached hydrogens (primary N) is 1. The maximum Gasteiger partial charge on any atom is 0.407 e. The third-order valence-corrected chi connectivity index (χ3v) is 3.14. The summed E-state index contributed by atoms with van der Waals surface area (Å²) in [5.41, 5.74) is 7.14. The zero-order chi connectivity index (χ0) is 13.8. The zero-order valence-electron chi connectivity index (χ0n) is 10.9. The van der Waals surface area contributed by atoms with Crippen LogP contribution in [0.2, 0.25) is 0 Å². The number of benzene rings is 1. The van der Waals surface area contributed by atoms with E-state index in [1.807, 2.05) is 39.0 Å². The third-order valence-electron chi connectivity index (χ3n) is 2.14. The van der Waals surface area contributed by atoms with E-state index >= 15 is 0 Å². The number of rotatable bonds is 3. The molecule has 0 aliphatic heterocycles. The molecule has 1 aromatic rings. The summed E-state index contributed by atoms with van der Waals surface area (Å²) in [5.74, 6) is 0. The average Bonchev–Trinajstić information content (AvgIpc) is 2.18. The number of anilines is 1. The van der Waals surface area contributed by atoms with E-state index in [2.05, 4.69) is 27.9 Å². The topological polar surface area (TPSA) is 64.3 Å². The fourth-order valence-corrected chi connectivity index (χ4v) is 2.19. The van der Waals surface area contributed by atoms with Crippen LogP contribution >= 0.6 is 22.6 Å². The molecule has 0 bridgehead atoms. The zero-order valence-corrected chi connectivity index (χ0v) is 13.1. The number of nitrogen functional groups attached to an aromatic ring is 1. The van der Waals surface area contributed by atoms with Crippen LogP contribution < -0.4 is 11.1 Å². The number of alkyl carbamates (subject to hydrolysis) is 1. The molecule has 5 heteroatoms. The molecule has 4 nitrogen and oxygen atoms in total. The van der Waals surface area contributed by atoms with Gasteiger partial charge in [0.05, 0.1) is 0 Å². The minimum Gasteiger partial charge on any atom is -0.444 e. The van der Waals surface area contributed by atoms with Crippen LogP contribution in [0.1, 0.15) is 26.3 Å². The van der Waals surface area contributed by atoms with Gasteiger partial charge in [-0.3, -0.25) is 0 Å². The highest BCUT2D eigenvalue weighted by Crippen LogP contribution is 2.16. The summed E-state index contributed by atoms with van der Waals surface area (Å²) < 4.78 is 6.26. The molecule has 3 N–H and O–H groups in total. The van der Waals surface area contributed by atoms with Crippen LogP contribution in [-0.2, 0) is 11.2 Å². The number of ether oxygens (including phenoxy) is 1. The Morgan fingerprint density at radius 2 is 2.11 bits per heavy atom. The van der Waals surface area contributed by atoms with Crippen molar-refractivity contribution in [2.45, 2.75) is 32.8 Å². The van der Waals surface area contributed by atoms with E-state index in [0.717, 1.165) is 15.7 Å². The van der Waals surface area contributed by atoms with Gasteiger partial charge in [0.2, 0.25) is 0 Å². The van der Waals surface area contributed by atoms with Gasteiger partial charge < -0.3 is 15.8 Å². The normalized spacial score (nSPS) is 11.1. The van der Waals surface area contributed by atoms with Crippen molar-refractivity contribution in [2.75, 3.05) is 12.3 Å². The predicted molar refractivity (Wildman–Crippen MR) is 81.5 cm³/mol. The minimum atomic E-state index is -0.459. The van der Waals surface area contributed by atoms with Crippen LogP contribution in [0.25, 0.3) is 0 Å². The maximum absolute atomic E-state index is 11.4. The molecule has 0 aromatic heterocycles. The molecule has 0 heterocycles. The Bertz CT molecular complexity index is 427. The summed E-state index contributed by atoms with van der Waals surface area (Å²) in [6.45, 7) is 6.08. The molecule has 0 saturated carbocycles. The van der Waals surface area contributed by atoms with E-state index in [1.54, 1.807) is 0 Å². The quantitative estimate of drug-likeness (QED) is 0.642. The van der Waals surface area contributed by atoms with E-state index in [1.165, 1.54) is 5.56 Å². The number of halogens is 1. The molecule has 1 rings (SSSR count). The number of carbonyl (C=O) groups excluding carboxylic acids is 1. The maximum atomic E-state index is 11.4. The lowest BCUT2D eigenvalue weighted by Gasteiger charge is -2.19. The second-order valence-electron chi connectivity index (χ2n) is 5.03. The molecule has 0 radical (unpaired) electrons. The summed E-state index contributed by atoms with van der Waals surface area (Å²) >= 11 is 2.24. The van der Waals surface area contributed by atoms with Gasteiger partial charge in [0.15, 0.2) is 0 Å². The van der Waals surface area contributed by atoms with Crippen molar-refractivity contribution in [3.05, 3.63) is 27.3 Å². The molecule has 0 atom stereocenters. The average molecular weight is 362 g/mol. The van der Waals surface area contributed by atoms with Crippen molar-refractivity contribution in [2.24, 2.45) is 0 Å². The molecular weight excluding hydrogens is 343 g/mol. The van der Waals surface area contributed by atoms with Crippen molar-refractivity contribution in [1.82, 2.24) is 5.32 Å². The van der Waals surface area contributed by atoms with Gasteiger partial charge in [0, 0.05) is 15.8 Å². The van der Waals surface area contributed by atoms with Crippen molar-refractivity contribution in [3.63, 3.8) is 0 Å². The number of amides is 1. The van der Waals surface area contributed by atoms with Crippen LogP contribution in [0.5, 0.6) is 0 Å². The second-order valence-corrected chi connectivity index (χ2v) is 6.19. The number of hydrogen-bond acceptors (Lipinski definition) is 3. The highest BCUT2D eigenvalue weighted by Gasteiger charge is 2.15. The minimum absolute atomic E-state index is 0.382. The molecule has 0 aliphatic carbocycles. The van der Waals surface area contributed by atoms with Crippen LogP contribution in [0.15, 0.2) is 18.2 Å². The smallest absolute Gasteiger partial charge is 0.407 e. The van der Waals surface area contributed by atoms with E-state index in [-0.39, 0.29) is 6.09 Å². The van der Waals surface area contributed by atoms with Gasteiger partial charge in [0.25, 0.3) is 0 Å². The van der Waals surface area contributed by atoms with Crippen molar-refractivity contribution < 1.29 is 9.53 Å². The number of nitrogens with one attached hydrogen (secondary N) is 1. The Morgan fingerprint density at radius 1 is 1.44 bits per heavy atom. The third kappa shape index (κ3) is 5.57. The van der Waals surface area contributed by atoms with Gasteiger partial charge >= 0.3 is 6.09 Å². The van der Waals surface area contributed by atoms with E-state index in [0.29, 0.717) is 6.54 Å². The van der Waals surface area contributed by atoms with Gasteiger partial charge in [-0.15, -0.1) is 0 Å². The number of carbonyl (C=O) groups is 1. The van der Waals surface area contributed by atoms with Crippen LogP contribution in [0.4, 0.5) is 10.5 Å². The molecule has 100 valence electrons. The van der Waals surface area contributed by atoms with Crippen molar-refractivity contribution >= 4 is 34.4 Å². The van der Waals surface area contributed by atoms with Gasteiger partial charge in [-0.25, -0.2) is 4.79 Å². The molecular formula is C13H19IN2O2. The first-order valence-corrected chi connectivity index (χ1v) is 6.86. The Kier molecular flexibility index (Phi) is 5.25. The molecule has 0 aliphatic rings. The molecule has 0 fully saturated rings. The fourth-order valence-electron chi connectivity index (χ4n) is 1.38. The van der Waals surface area contributed by atoms with E-state index in [9.17, 15) is 4.79 Å². The molecule has 1 aromatic carbocycles. The molecule has 0 saturated heterocycles. The molecule has 0 spiro atoms. The van der Waals surface area contributed by atoms with Gasteiger partial charge in [-0.1, -0.05) is 6.07 Å². The monoisotopic (exact) mass is 362 g/mol. The highest BCUT2D eigenvalue weighted by molar-refractivity contribution is 14.1. The lowest BCUT2D eigenvalue weighted by atomic mass is 10.1. The van der Waals surface area contributed by atoms with E-state index < -0.39 is 5.60 Å². The number of hydrogen-bond donors (Lipinski definition) is 2. The Balaban J connectivity index is 2.40. The molecule has 0 unspecified atom stereocenters. The van der Waals surface area contributed by atoms with Crippen LogP contribution in [0, 0.1) is 3.57 Å². The summed E-state index contributed by atoms with van der Waals surface area (Å²) in [5, 5.41) is 2.73. The summed E-state index contributed by atoms with van der Waals surface area (Å²) in [6.07, 6.45) is 0.380. The second kappa shape index (κ2) is 6.26. The lowest BCUT2D eigenvalue weighted by Crippen LogP contribution is -2.33.